The standard InChI is InChI=1S/C26H37NO5S/c1-6-19(9-11-21-14-18(5)24(33-21)25(30)27-15-23(28)29)20-10-12-22(17(4)13-20)32-16-26(31,7-2)8-3/h10,12-14,19,31H,6-9,11,15-16H2,1-5H3,(H,27,30)(H,28,29). The molecule has 1 aromatic carbocycles. The lowest BCUT2D eigenvalue weighted by Crippen LogP contribution is -2.34. The highest BCUT2D eigenvalue weighted by Crippen LogP contribution is 2.32. The minimum atomic E-state index is -1.05. The summed E-state index contributed by atoms with van der Waals surface area (Å²) in [4.78, 5) is 24.6. The third-order valence-electron chi connectivity index (χ3n) is 6.29. The zero-order valence-electron chi connectivity index (χ0n) is 20.4. The number of benzene rings is 1. The predicted molar refractivity (Wildman–Crippen MR) is 133 cm³/mol. The molecule has 182 valence electrons. The molecule has 1 heterocycles. The van der Waals surface area contributed by atoms with Crippen LogP contribution in [-0.4, -0.2) is 40.8 Å². The van der Waals surface area contributed by atoms with E-state index in [1.807, 2.05) is 39.8 Å². The number of aliphatic carboxylic acids is 1. The van der Waals surface area contributed by atoms with Gasteiger partial charge in [-0.05, 0) is 80.7 Å². The first-order valence-corrected chi connectivity index (χ1v) is 12.5. The molecule has 0 aliphatic heterocycles. The summed E-state index contributed by atoms with van der Waals surface area (Å²) in [6.45, 7) is 9.94. The van der Waals surface area contributed by atoms with Crippen LogP contribution >= 0.6 is 11.3 Å². The average molecular weight is 476 g/mol. The number of nitrogens with one attached hydrogen (secondary N) is 1. The van der Waals surface area contributed by atoms with Crippen molar-refractivity contribution in [1.82, 2.24) is 5.32 Å². The minimum Gasteiger partial charge on any atom is -0.490 e. The lowest BCUT2D eigenvalue weighted by molar-refractivity contribution is -0.135. The number of carbonyl (C=O) groups is 2. The van der Waals surface area contributed by atoms with Crippen LogP contribution < -0.4 is 10.1 Å². The van der Waals surface area contributed by atoms with Crippen LogP contribution in [0.5, 0.6) is 5.75 Å². The van der Waals surface area contributed by atoms with E-state index >= 15 is 0 Å². The zero-order chi connectivity index (χ0) is 24.6. The summed E-state index contributed by atoms with van der Waals surface area (Å²) in [6.07, 6.45) is 4.12. The van der Waals surface area contributed by atoms with Crippen LogP contribution in [0.15, 0.2) is 24.3 Å². The number of aryl methyl sites for hydroxylation is 3. The van der Waals surface area contributed by atoms with Crippen LogP contribution in [0, 0.1) is 13.8 Å². The number of carboxylic acids is 1. The van der Waals surface area contributed by atoms with Gasteiger partial charge in [0, 0.05) is 4.88 Å². The number of thiophene rings is 1. The van der Waals surface area contributed by atoms with Crippen LogP contribution in [0.2, 0.25) is 0 Å². The van der Waals surface area contributed by atoms with E-state index in [4.69, 9.17) is 9.84 Å². The molecule has 2 rings (SSSR count). The van der Waals surface area contributed by atoms with Crippen molar-refractivity contribution in [2.75, 3.05) is 13.2 Å². The second kappa shape index (κ2) is 12.2. The highest BCUT2D eigenvalue weighted by molar-refractivity contribution is 7.14. The molecule has 1 aromatic heterocycles. The van der Waals surface area contributed by atoms with Crippen LogP contribution in [-0.2, 0) is 11.2 Å². The molecule has 7 heteroatoms. The molecule has 1 atom stereocenters. The van der Waals surface area contributed by atoms with E-state index < -0.39 is 11.6 Å². The minimum absolute atomic E-state index is 0.289. The molecule has 3 N–H and O–H groups in total. The molecule has 0 saturated heterocycles. The van der Waals surface area contributed by atoms with Gasteiger partial charge < -0.3 is 20.3 Å². The summed E-state index contributed by atoms with van der Waals surface area (Å²) in [5.41, 5.74) is 2.41. The number of aliphatic hydroxyl groups is 1. The molecule has 6 nitrogen and oxygen atoms in total. The number of amides is 1. The van der Waals surface area contributed by atoms with Crippen molar-refractivity contribution >= 4 is 23.2 Å². The Balaban J connectivity index is 2.02. The van der Waals surface area contributed by atoms with Crippen molar-refractivity contribution in [2.24, 2.45) is 0 Å². The smallest absolute Gasteiger partial charge is 0.322 e. The van der Waals surface area contributed by atoms with Gasteiger partial charge in [-0.25, -0.2) is 0 Å². The fourth-order valence-corrected chi connectivity index (χ4v) is 4.91. The maximum atomic E-state index is 12.2. The topological polar surface area (TPSA) is 95.9 Å². The molecule has 0 fully saturated rings. The van der Waals surface area contributed by atoms with E-state index in [2.05, 4.69) is 24.4 Å². The normalized spacial score (nSPS) is 12.4. The highest BCUT2D eigenvalue weighted by Gasteiger charge is 2.23. The van der Waals surface area contributed by atoms with Crippen molar-refractivity contribution < 1.29 is 24.5 Å². The Morgan fingerprint density at radius 2 is 1.82 bits per heavy atom. The van der Waals surface area contributed by atoms with Gasteiger partial charge in [-0.2, -0.15) is 0 Å². The Bertz CT molecular complexity index is 948. The number of rotatable bonds is 13. The zero-order valence-corrected chi connectivity index (χ0v) is 21.2. The molecule has 1 amide bonds. The van der Waals surface area contributed by atoms with Crippen LogP contribution in [0.1, 0.15) is 83.6 Å². The summed E-state index contributed by atoms with van der Waals surface area (Å²) in [7, 11) is 0. The van der Waals surface area contributed by atoms with Crippen LogP contribution in [0.3, 0.4) is 0 Å². The van der Waals surface area contributed by atoms with Gasteiger partial charge in [0.15, 0.2) is 0 Å². The van der Waals surface area contributed by atoms with Gasteiger partial charge in [-0.1, -0.05) is 32.9 Å². The predicted octanol–water partition coefficient (Wildman–Crippen LogP) is 5.24. The lowest BCUT2D eigenvalue weighted by Gasteiger charge is -2.26. The van der Waals surface area contributed by atoms with Crippen molar-refractivity contribution in [3.8, 4) is 5.75 Å². The first-order chi connectivity index (χ1) is 15.6. The molecular weight excluding hydrogens is 438 g/mol. The number of carbonyl (C=O) groups excluding carboxylic acids is 1. The monoisotopic (exact) mass is 475 g/mol. The van der Waals surface area contributed by atoms with E-state index in [0.29, 0.717) is 23.6 Å². The Kier molecular flexibility index (Phi) is 9.92. The SMILES string of the molecule is CCC(CCc1cc(C)c(C(=O)NCC(=O)O)s1)c1ccc(OCC(O)(CC)CC)c(C)c1. The Labute approximate surface area is 201 Å². The van der Waals surface area contributed by atoms with Gasteiger partial charge in [0.05, 0.1) is 10.5 Å². The average Bonchev–Trinajstić information content (AvgIpc) is 3.17. The van der Waals surface area contributed by atoms with E-state index in [1.54, 1.807) is 0 Å². The van der Waals surface area contributed by atoms with Crippen molar-refractivity contribution in [3.05, 3.63) is 50.7 Å². The summed E-state index contributed by atoms with van der Waals surface area (Å²) < 4.78 is 5.93. The maximum absolute atomic E-state index is 12.2. The summed E-state index contributed by atoms with van der Waals surface area (Å²) in [5.74, 6) is -0.198. The first kappa shape index (κ1) is 26.9. The third kappa shape index (κ3) is 7.57. The Morgan fingerprint density at radius 1 is 1.12 bits per heavy atom. The summed E-state index contributed by atoms with van der Waals surface area (Å²) in [6, 6.07) is 8.31. The van der Waals surface area contributed by atoms with Gasteiger partial charge in [-0.3, -0.25) is 9.59 Å². The second-order valence-corrected chi connectivity index (χ2v) is 9.83. The molecule has 33 heavy (non-hydrogen) atoms. The van der Waals surface area contributed by atoms with Crippen LogP contribution in [0.25, 0.3) is 0 Å². The Hall–Kier alpha value is -2.38. The maximum Gasteiger partial charge on any atom is 0.322 e. The quantitative estimate of drug-likeness (QED) is 0.368. The van der Waals surface area contributed by atoms with Crippen molar-refractivity contribution in [3.63, 3.8) is 0 Å². The molecular formula is C26H37NO5S. The van der Waals surface area contributed by atoms with E-state index in [1.165, 1.54) is 16.9 Å². The van der Waals surface area contributed by atoms with Crippen LogP contribution in [0.4, 0.5) is 0 Å². The van der Waals surface area contributed by atoms with E-state index in [9.17, 15) is 14.7 Å². The molecule has 1 unspecified atom stereocenters. The third-order valence-corrected chi connectivity index (χ3v) is 7.59. The fraction of sp³-hybridized carbons (Fsp3) is 0.538. The van der Waals surface area contributed by atoms with Gasteiger partial charge in [0.1, 0.15) is 18.9 Å². The summed E-state index contributed by atoms with van der Waals surface area (Å²) >= 11 is 1.44. The molecule has 0 spiro atoms. The van der Waals surface area contributed by atoms with Gasteiger partial charge in [-0.15, -0.1) is 11.3 Å². The van der Waals surface area contributed by atoms with Crippen molar-refractivity contribution in [1.29, 1.82) is 0 Å². The van der Waals surface area contributed by atoms with Gasteiger partial charge in [0.2, 0.25) is 0 Å². The lowest BCUT2D eigenvalue weighted by atomic mass is 9.90. The largest absolute Gasteiger partial charge is 0.490 e. The molecule has 0 bridgehead atoms. The first-order valence-electron chi connectivity index (χ1n) is 11.7. The Morgan fingerprint density at radius 3 is 2.39 bits per heavy atom. The van der Waals surface area contributed by atoms with E-state index in [-0.39, 0.29) is 19.1 Å². The number of ether oxygens (including phenoxy) is 1. The van der Waals surface area contributed by atoms with E-state index in [0.717, 1.165) is 41.0 Å². The fourth-order valence-electron chi connectivity index (χ4n) is 3.81. The molecule has 0 saturated carbocycles. The highest BCUT2D eigenvalue weighted by atomic mass is 32.1. The number of hydrogen-bond donors (Lipinski definition) is 3. The second-order valence-electron chi connectivity index (χ2n) is 8.69. The summed E-state index contributed by atoms with van der Waals surface area (Å²) in [5, 5.41) is 21.7. The number of carboxylic acid groups (broad SMARTS) is 1. The molecule has 0 aliphatic rings. The molecule has 0 aliphatic carbocycles. The van der Waals surface area contributed by atoms with Gasteiger partial charge >= 0.3 is 5.97 Å². The van der Waals surface area contributed by atoms with Crippen molar-refractivity contribution in [2.45, 2.75) is 78.2 Å². The molecule has 0 radical (unpaired) electrons. The van der Waals surface area contributed by atoms with Gasteiger partial charge in [0.25, 0.3) is 5.91 Å². The number of hydrogen-bond acceptors (Lipinski definition) is 5. The molecule has 2 aromatic rings.